The monoisotopic (exact) mass is 239 g/mol. The van der Waals surface area contributed by atoms with Crippen molar-refractivity contribution in [2.45, 2.75) is 45.1 Å². The van der Waals surface area contributed by atoms with Crippen LogP contribution in [0.15, 0.2) is 11.7 Å². The lowest BCUT2D eigenvalue weighted by molar-refractivity contribution is 0.222. The maximum absolute atomic E-state index is 5.70. The maximum Gasteiger partial charge on any atom is 0.0794 e. The number of nitrogens with one attached hydrogen (secondary N) is 1. The van der Waals surface area contributed by atoms with Gasteiger partial charge in [-0.15, -0.1) is 11.3 Å². The van der Waals surface area contributed by atoms with E-state index < -0.39 is 0 Å². The van der Waals surface area contributed by atoms with Crippen molar-refractivity contribution in [2.24, 2.45) is 17.7 Å². The van der Waals surface area contributed by atoms with Gasteiger partial charge in [0.15, 0.2) is 0 Å². The number of nitrogens with zero attached hydrogens (tertiary/aromatic N) is 1. The van der Waals surface area contributed by atoms with E-state index in [9.17, 15) is 0 Å². The minimum Gasteiger partial charge on any atom is -0.271 e. The molecule has 3 atom stereocenters. The number of nitrogens with two attached hydrogens (primary N) is 1. The van der Waals surface area contributed by atoms with Crippen LogP contribution < -0.4 is 11.3 Å². The van der Waals surface area contributed by atoms with Crippen molar-refractivity contribution in [1.82, 2.24) is 10.4 Å². The van der Waals surface area contributed by atoms with E-state index in [0.717, 1.165) is 18.3 Å². The molecule has 0 saturated heterocycles. The molecule has 1 saturated carbocycles. The topological polar surface area (TPSA) is 50.9 Å². The van der Waals surface area contributed by atoms with Gasteiger partial charge in [-0.05, 0) is 24.7 Å². The molecule has 90 valence electrons. The molecule has 1 fully saturated rings. The van der Waals surface area contributed by atoms with Gasteiger partial charge >= 0.3 is 0 Å². The lowest BCUT2D eigenvalue weighted by atomic mass is 9.78. The summed E-state index contributed by atoms with van der Waals surface area (Å²) in [6.45, 7) is 2.35. The molecule has 3 unspecified atom stereocenters. The third-order valence-electron chi connectivity index (χ3n) is 3.66. The summed E-state index contributed by atoms with van der Waals surface area (Å²) >= 11 is 1.72. The van der Waals surface area contributed by atoms with E-state index in [-0.39, 0.29) is 0 Å². The third kappa shape index (κ3) is 3.03. The highest BCUT2D eigenvalue weighted by atomic mass is 32.1. The van der Waals surface area contributed by atoms with E-state index in [1.54, 1.807) is 11.3 Å². The van der Waals surface area contributed by atoms with Gasteiger partial charge in [0.05, 0.1) is 5.51 Å². The molecule has 0 amide bonds. The molecule has 1 aromatic heterocycles. The highest BCUT2D eigenvalue weighted by molar-refractivity contribution is 7.09. The van der Waals surface area contributed by atoms with Gasteiger partial charge in [0.25, 0.3) is 0 Å². The molecule has 1 heterocycles. The van der Waals surface area contributed by atoms with Gasteiger partial charge in [0.1, 0.15) is 0 Å². The van der Waals surface area contributed by atoms with Crippen molar-refractivity contribution < 1.29 is 0 Å². The second-order valence-corrected chi connectivity index (χ2v) is 5.95. The molecule has 16 heavy (non-hydrogen) atoms. The minimum absolute atomic E-state index is 0.420. The van der Waals surface area contributed by atoms with E-state index in [4.69, 9.17) is 5.84 Å². The molecule has 3 nitrogen and oxygen atoms in total. The minimum atomic E-state index is 0.420. The fourth-order valence-electron chi connectivity index (χ4n) is 2.77. The zero-order chi connectivity index (χ0) is 11.4. The molecule has 0 bridgehead atoms. The average Bonchev–Trinajstić information content (AvgIpc) is 2.78. The molecular weight excluding hydrogens is 218 g/mol. The maximum atomic E-state index is 5.70. The summed E-state index contributed by atoms with van der Waals surface area (Å²) in [4.78, 5) is 5.45. The molecule has 1 aromatic rings. The second-order valence-electron chi connectivity index (χ2n) is 4.98. The van der Waals surface area contributed by atoms with Crippen LogP contribution in [0.2, 0.25) is 0 Å². The first-order valence-corrected chi connectivity index (χ1v) is 7.01. The first-order chi connectivity index (χ1) is 7.79. The summed E-state index contributed by atoms with van der Waals surface area (Å²) in [6, 6.07) is 0.420. The van der Waals surface area contributed by atoms with E-state index in [2.05, 4.69) is 17.3 Å². The van der Waals surface area contributed by atoms with Crippen LogP contribution >= 0.6 is 11.3 Å². The standard InChI is InChI=1S/C12H21N3S/c1-9-3-2-4-10(5-9)12(15-13)6-11-7-14-8-16-11/h7-10,12,15H,2-6,13H2,1H3. The molecule has 0 radical (unpaired) electrons. The molecule has 4 heteroatoms. The van der Waals surface area contributed by atoms with Gasteiger partial charge in [-0.25, -0.2) is 0 Å². The van der Waals surface area contributed by atoms with Crippen LogP contribution in [0.1, 0.15) is 37.5 Å². The smallest absolute Gasteiger partial charge is 0.0794 e. The quantitative estimate of drug-likeness (QED) is 0.626. The van der Waals surface area contributed by atoms with Crippen LogP contribution in [0.4, 0.5) is 0 Å². The predicted molar refractivity (Wildman–Crippen MR) is 68.1 cm³/mol. The van der Waals surface area contributed by atoms with Crippen LogP contribution in [-0.2, 0) is 6.42 Å². The van der Waals surface area contributed by atoms with Gasteiger partial charge in [0.2, 0.25) is 0 Å². The molecule has 1 aliphatic rings. The fourth-order valence-corrected chi connectivity index (χ4v) is 3.42. The van der Waals surface area contributed by atoms with Crippen molar-refractivity contribution in [1.29, 1.82) is 0 Å². The van der Waals surface area contributed by atoms with Gasteiger partial charge in [0, 0.05) is 23.5 Å². The highest BCUT2D eigenvalue weighted by Crippen LogP contribution is 2.31. The van der Waals surface area contributed by atoms with Gasteiger partial charge in [-0.2, -0.15) is 0 Å². The Bertz CT molecular complexity index is 299. The van der Waals surface area contributed by atoms with E-state index in [0.29, 0.717) is 6.04 Å². The zero-order valence-electron chi connectivity index (χ0n) is 9.86. The summed E-state index contributed by atoms with van der Waals surface area (Å²) in [5.74, 6) is 7.29. The lowest BCUT2D eigenvalue weighted by Gasteiger charge is -2.32. The van der Waals surface area contributed by atoms with Crippen molar-refractivity contribution in [3.05, 3.63) is 16.6 Å². The summed E-state index contributed by atoms with van der Waals surface area (Å²) in [7, 11) is 0. The molecular formula is C12H21N3S. The van der Waals surface area contributed by atoms with Crippen molar-refractivity contribution in [3.63, 3.8) is 0 Å². The number of aromatic nitrogens is 1. The Kier molecular flexibility index (Phi) is 4.32. The molecule has 0 spiro atoms. The molecule has 2 rings (SSSR count). The fraction of sp³-hybridized carbons (Fsp3) is 0.750. The lowest BCUT2D eigenvalue weighted by Crippen LogP contribution is -2.43. The van der Waals surface area contributed by atoms with Crippen LogP contribution in [-0.4, -0.2) is 11.0 Å². The Morgan fingerprint density at radius 3 is 3.12 bits per heavy atom. The van der Waals surface area contributed by atoms with Crippen molar-refractivity contribution in [3.8, 4) is 0 Å². The Balaban J connectivity index is 1.93. The highest BCUT2D eigenvalue weighted by Gasteiger charge is 2.26. The number of hydrogen-bond donors (Lipinski definition) is 2. The van der Waals surface area contributed by atoms with Gasteiger partial charge in [-0.3, -0.25) is 16.3 Å². The van der Waals surface area contributed by atoms with Crippen LogP contribution in [0.5, 0.6) is 0 Å². The van der Waals surface area contributed by atoms with Crippen LogP contribution in [0.3, 0.4) is 0 Å². The molecule has 3 N–H and O–H groups in total. The Hall–Kier alpha value is -0.450. The van der Waals surface area contributed by atoms with E-state index >= 15 is 0 Å². The summed E-state index contributed by atoms with van der Waals surface area (Å²) in [5.41, 5.74) is 4.90. The van der Waals surface area contributed by atoms with Gasteiger partial charge < -0.3 is 0 Å². The molecule has 0 aliphatic heterocycles. The number of hydrazine groups is 1. The average molecular weight is 239 g/mol. The first kappa shape index (κ1) is 12.0. The van der Waals surface area contributed by atoms with Gasteiger partial charge in [-0.1, -0.05) is 19.8 Å². The second kappa shape index (κ2) is 5.75. The van der Waals surface area contributed by atoms with Crippen molar-refractivity contribution in [2.75, 3.05) is 0 Å². The Morgan fingerprint density at radius 2 is 2.50 bits per heavy atom. The third-order valence-corrected chi connectivity index (χ3v) is 4.47. The van der Waals surface area contributed by atoms with E-state index in [1.807, 2.05) is 11.7 Å². The number of rotatable bonds is 4. The normalized spacial score (nSPS) is 27.9. The predicted octanol–water partition coefficient (Wildman–Crippen LogP) is 2.34. The summed E-state index contributed by atoms with van der Waals surface area (Å²) < 4.78 is 0. The van der Waals surface area contributed by atoms with E-state index in [1.165, 1.54) is 30.6 Å². The molecule has 1 aliphatic carbocycles. The summed E-state index contributed by atoms with van der Waals surface area (Å²) in [6.07, 6.45) is 8.35. The van der Waals surface area contributed by atoms with Crippen LogP contribution in [0.25, 0.3) is 0 Å². The summed E-state index contributed by atoms with van der Waals surface area (Å²) in [5, 5.41) is 0. The number of hydrogen-bond acceptors (Lipinski definition) is 4. The van der Waals surface area contributed by atoms with Crippen LogP contribution in [0, 0.1) is 11.8 Å². The Morgan fingerprint density at radius 1 is 1.62 bits per heavy atom. The zero-order valence-corrected chi connectivity index (χ0v) is 10.7. The largest absolute Gasteiger partial charge is 0.271 e. The Labute approximate surface area is 101 Å². The molecule has 0 aromatic carbocycles. The first-order valence-electron chi connectivity index (χ1n) is 6.13. The number of thiazole rings is 1. The SMILES string of the molecule is CC1CCCC(C(Cc2cncs2)NN)C1. The van der Waals surface area contributed by atoms with Crippen molar-refractivity contribution >= 4 is 11.3 Å².